The summed E-state index contributed by atoms with van der Waals surface area (Å²) in [5.74, 6) is -0.408. The highest BCUT2D eigenvalue weighted by Crippen LogP contribution is 2.25. The van der Waals surface area contributed by atoms with Crippen LogP contribution in [-0.4, -0.2) is 18.1 Å². The molecule has 0 aliphatic rings. The number of hydrogen-bond acceptors (Lipinski definition) is 3. The molecule has 0 saturated heterocycles. The number of aromatic nitrogens is 1. The van der Waals surface area contributed by atoms with Gasteiger partial charge in [0.25, 0.3) is 0 Å². The molecule has 0 bridgehead atoms. The van der Waals surface area contributed by atoms with E-state index in [1.165, 1.54) is 7.11 Å². The van der Waals surface area contributed by atoms with Crippen molar-refractivity contribution in [2.75, 3.05) is 7.11 Å². The number of nitrogens with zero attached hydrogens (tertiary/aromatic N) is 1. The molecule has 0 radical (unpaired) electrons. The topological polar surface area (TPSA) is 39.2 Å². The number of carbonyl (C=O) groups is 1. The van der Waals surface area contributed by atoms with Gasteiger partial charge < -0.3 is 4.74 Å². The van der Waals surface area contributed by atoms with Gasteiger partial charge in [-0.05, 0) is 18.2 Å². The van der Waals surface area contributed by atoms with Crippen molar-refractivity contribution < 1.29 is 9.53 Å². The summed E-state index contributed by atoms with van der Waals surface area (Å²) in [5, 5.41) is 1.43. The van der Waals surface area contributed by atoms with Gasteiger partial charge in [0, 0.05) is 5.39 Å². The van der Waals surface area contributed by atoms with Gasteiger partial charge in [0.05, 0.1) is 23.2 Å². The Balaban J connectivity index is 2.62. The molecule has 3 nitrogen and oxygen atoms in total. The van der Waals surface area contributed by atoms with Crippen LogP contribution in [0.3, 0.4) is 0 Å². The van der Waals surface area contributed by atoms with Crippen LogP contribution in [0.4, 0.5) is 0 Å². The van der Waals surface area contributed by atoms with Gasteiger partial charge in [-0.15, -0.1) is 0 Å². The molecule has 0 N–H and O–H groups in total. The predicted molar refractivity (Wildman–Crippen MR) is 63.1 cm³/mol. The Kier molecular flexibility index (Phi) is 2.99. The molecule has 0 amide bonds. The van der Waals surface area contributed by atoms with Crippen molar-refractivity contribution in [1.82, 2.24) is 4.98 Å². The van der Waals surface area contributed by atoms with Gasteiger partial charge in [0.1, 0.15) is 5.15 Å². The highest BCUT2D eigenvalue weighted by atomic mass is 35.5. The summed E-state index contributed by atoms with van der Waals surface area (Å²) < 4.78 is 4.61. The van der Waals surface area contributed by atoms with Gasteiger partial charge >= 0.3 is 5.97 Å². The minimum absolute atomic E-state index is 0.219. The second kappa shape index (κ2) is 4.28. The first kappa shape index (κ1) is 11.2. The van der Waals surface area contributed by atoms with Gasteiger partial charge in [-0.1, -0.05) is 29.3 Å². The normalized spacial score (nSPS) is 10.4. The van der Waals surface area contributed by atoms with Crippen LogP contribution in [-0.2, 0) is 4.74 Å². The fourth-order valence-corrected chi connectivity index (χ4v) is 1.67. The number of benzene rings is 1. The number of hydrogen-bond donors (Lipinski definition) is 0. The van der Waals surface area contributed by atoms with Crippen LogP contribution in [0.25, 0.3) is 10.9 Å². The van der Waals surface area contributed by atoms with Crippen molar-refractivity contribution in [1.29, 1.82) is 0 Å². The lowest BCUT2D eigenvalue weighted by Crippen LogP contribution is -2.00. The Labute approximate surface area is 102 Å². The zero-order valence-corrected chi connectivity index (χ0v) is 9.84. The summed E-state index contributed by atoms with van der Waals surface area (Å²) in [5.41, 5.74) is 1.04. The van der Waals surface area contributed by atoms with Gasteiger partial charge in [0.2, 0.25) is 0 Å². The summed E-state index contributed by atoms with van der Waals surface area (Å²) in [4.78, 5) is 15.4. The quantitative estimate of drug-likeness (QED) is 0.580. The largest absolute Gasteiger partial charge is 0.465 e. The van der Waals surface area contributed by atoms with E-state index in [9.17, 15) is 4.79 Å². The van der Waals surface area contributed by atoms with Crippen LogP contribution in [0.2, 0.25) is 10.2 Å². The lowest BCUT2D eigenvalue weighted by Gasteiger charge is -2.03. The first-order valence-electron chi connectivity index (χ1n) is 4.46. The fraction of sp³-hybridized carbons (Fsp3) is 0.0909. The molecule has 0 aliphatic carbocycles. The van der Waals surface area contributed by atoms with E-state index in [4.69, 9.17) is 23.2 Å². The third kappa shape index (κ3) is 1.96. The summed E-state index contributed by atoms with van der Waals surface area (Å²) in [6.45, 7) is 0. The van der Waals surface area contributed by atoms with E-state index in [1.54, 1.807) is 24.3 Å². The molecule has 0 saturated carbocycles. The lowest BCUT2D eigenvalue weighted by atomic mass is 10.1. The molecule has 1 heterocycles. The minimum atomic E-state index is -0.408. The molecule has 2 rings (SSSR count). The van der Waals surface area contributed by atoms with E-state index in [0.29, 0.717) is 16.1 Å². The molecule has 0 aliphatic heterocycles. The molecule has 0 spiro atoms. The summed E-state index contributed by atoms with van der Waals surface area (Å²) in [6, 6.07) is 6.72. The molecule has 2 aromatic rings. The third-order valence-corrected chi connectivity index (χ3v) is 2.82. The molecule has 1 aromatic heterocycles. The summed E-state index contributed by atoms with van der Waals surface area (Å²) in [6.07, 6.45) is 0. The SMILES string of the molecule is COC(=O)c1ccc2cc(Cl)c(Cl)nc2c1. The van der Waals surface area contributed by atoms with E-state index in [1.807, 2.05) is 0 Å². The summed E-state index contributed by atoms with van der Waals surface area (Å²) in [7, 11) is 1.33. The number of ether oxygens (including phenoxy) is 1. The third-order valence-electron chi connectivity index (χ3n) is 2.15. The smallest absolute Gasteiger partial charge is 0.337 e. The monoisotopic (exact) mass is 255 g/mol. The number of esters is 1. The van der Waals surface area contributed by atoms with E-state index in [-0.39, 0.29) is 5.15 Å². The number of methoxy groups -OCH3 is 1. The van der Waals surface area contributed by atoms with Gasteiger partial charge in [-0.2, -0.15) is 0 Å². The molecule has 82 valence electrons. The van der Waals surface area contributed by atoms with Crippen molar-refractivity contribution in [3.8, 4) is 0 Å². The van der Waals surface area contributed by atoms with Crippen molar-refractivity contribution in [2.45, 2.75) is 0 Å². The average molecular weight is 256 g/mol. The highest BCUT2D eigenvalue weighted by molar-refractivity contribution is 6.41. The lowest BCUT2D eigenvalue weighted by molar-refractivity contribution is 0.0601. The summed E-state index contributed by atoms with van der Waals surface area (Å²) >= 11 is 11.6. The fourth-order valence-electron chi connectivity index (χ4n) is 1.36. The maximum absolute atomic E-state index is 11.3. The van der Waals surface area contributed by atoms with Gasteiger partial charge in [-0.3, -0.25) is 0 Å². The van der Waals surface area contributed by atoms with Crippen molar-refractivity contribution in [3.63, 3.8) is 0 Å². The molecule has 0 atom stereocenters. The van der Waals surface area contributed by atoms with Crippen molar-refractivity contribution in [2.24, 2.45) is 0 Å². The van der Waals surface area contributed by atoms with Crippen LogP contribution >= 0.6 is 23.2 Å². The van der Waals surface area contributed by atoms with E-state index >= 15 is 0 Å². The average Bonchev–Trinajstić information content (AvgIpc) is 2.29. The number of halogens is 2. The maximum Gasteiger partial charge on any atom is 0.337 e. The van der Waals surface area contributed by atoms with Crippen molar-refractivity contribution in [3.05, 3.63) is 40.0 Å². The highest BCUT2D eigenvalue weighted by Gasteiger charge is 2.08. The first-order chi connectivity index (χ1) is 7.61. The zero-order valence-electron chi connectivity index (χ0n) is 8.33. The molecule has 0 fully saturated rings. The van der Waals surface area contributed by atoms with Gasteiger partial charge in [0.15, 0.2) is 0 Å². The zero-order chi connectivity index (χ0) is 11.7. The van der Waals surface area contributed by atoms with Crippen molar-refractivity contribution >= 4 is 40.1 Å². The number of fused-ring (bicyclic) bond motifs is 1. The Morgan fingerprint density at radius 3 is 2.75 bits per heavy atom. The van der Waals surface area contributed by atoms with E-state index in [0.717, 1.165) is 5.39 Å². The van der Waals surface area contributed by atoms with E-state index in [2.05, 4.69) is 9.72 Å². The number of rotatable bonds is 1. The molecular weight excluding hydrogens is 249 g/mol. The second-order valence-corrected chi connectivity index (χ2v) is 3.93. The van der Waals surface area contributed by atoms with E-state index < -0.39 is 5.97 Å². The van der Waals surface area contributed by atoms with Crippen LogP contribution in [0.1, 0.15) is 10.4 Å². The molecular formula is C11H7Cl2NO2. The number of carbonyl (C=O) groups excluding carboxylic acids is 1. The molecule has 1 aromatic carbocycles. The Morgan fingerprint density at radius 2 is 2.06 bits per heavy atom. The minimum Gasteiger partial charge on any atom is -0.465 e. The Hall–Kier alpha value is -1.32. The molecule has 16 heavy (non-hydrogen) atoms. The van der Waals surface area contributed by atoms with Crippen LogP contribution in [0.5, 0.6) is 0 Å². The molecule has 0 unspecified atom stereocenters. The van der Waals surface area contributed by atoms with Crippen LogP contribution < -0.4 is 0 Å². The maximum atomic E-state index is 11.3. The van der Waals surface area contributed by atoms with Gasteiger partial charge in [-0.25, -0.2) is 9.78 Å². The standard InChI is InChI=1S/C11H7Cl2NO2/c1-16-11(15)7-3-2-6-4-8(12)10(13)14-9(6)5-7/h2-5H,1H3. The predicted octanol–water partition coefficient (Wildman–Crippen LogP) is 3.33. The van der Waals surface area contributed by atoms with Crippen LogP contribution in [0.15, 0.2) is 24.3 Å². The molecule has 5 heteroatoms. The Morgan fingerprint density at radius 1 is 1.31 bits per heavy atom. The second-order valence-electron chi connectivity index (χ2n) is 3.16. The number of pyridine rings is 1. The van der Waals surface area contributed by atoms with Crippen LogP contribution in [0, 0.1) is 0 Å². The first-order valence-corrected chi connectivity index (χ1v) is 5.21. The Bertz CT molecular complexity index is 569.